The first-order valence-electron chi connectivity index (χ1n) is 6.93. The van der Waals surface area contributed by atoms with Crippen LogP contribution in [-0.2, 0) is 5.54 Å². The second-order valence-corrected chi connectivity index (χ2v) is 5.18. The van der Waals surface area contributed by atoms with Crippen molar-refractivity contribution in [3.63, 3.8) is 0 Å². The van der Waals surface area contributed by atoms with Crippen LogP contribution in [0.5, 0.6) is 5.75 Å². The van der Waals surface area contributed by atoms with Gasteiger partial charge in [-0.25, -0.2) is 15.8 Å². The largest absolute Gasteiger partial charge is 0.496 e. The minimum atomic E-state index is -0.419. The minimum Gasteiger partial charge on any atom is -0.496 e. The summed E-state index contributed by atoms with van der Waals surface area (Å²) >= 11 is 0. The van der Waals surface area contributed by atoms with Crippen molar-refractivity contribution < 1.29 is 9.53 Å². The van der Waals surface area contributed by atoms with E-state index in [9.17, 15) is 4.79 Å². The Hall–Kier alpha value is -2.67. The molecular formula is C15H17N5O2. The lowest BCUT2D eigenvalue weighted by Gasteiger charge is -2.20. The summed E-state index contributed by atoms with van der Waals surface area (Å²) in [5.74, 6) is 5.97. The SMILES string of the molecule is COc1ccccc1C1(Nc2ncc(C(=O)NN)cn2)CC1. The van der Waals surface area contributed by atoms with Crippen LogP contribution in [0, 0.1) is 0 Å². The molecule has 0 spiro atoms. The highest BCUT2D eigenvalue weighted by atomic mass is 16.5. The van der Waals surface area contributed by atoms with Crippen LogP contribution in [0.4, 0.5) is 5.95 Å². The van der Waals surface area contributed by atoms with Gasteiger partial charge in [-0.2, -0.15) is 0 Å². The number of carbonyl (C=O) groups excluding carboxylic acids is 1. The molecule has 0 atom stereocenters. The highest BCUT2D eigenvalue weighted by molar-refractivity contribution is 5.93. The number of amides is 1. The van der Waals surface area contributed by atoms with Gasteiger partial charge in [0.1, 0.15) is 5.75 Å². The second kappa shape index (κ2) is 5.61. The highest BCUT2D eigenvalue weighted by Gasteiger charge is 2.46. The number of nitrogens with one attached hydrogen (secondary N) is 2. The summed E-state index contributed by atoms with van der Waals surface area (Å²) in [4.78, 5) is 19.7. The normalized spacial score (nSPS) is 15.0. The Morgan fingerprint density at radius 2 is 1.95 bits per heavy atom. The standard InChI is InChI=1S/C15H17N5O2/c1-22-12-5-3-2-4-11(12)15(6-7-15)19-14-17-8-10(9-18-14)13(21)20-16/h2-5,8-9H,6-7,16H2,1H3,(H,20,21)(H,17,18,19). The Kier molecular flexibility index (Phi) is 3.64. The quantitative estimate of drug-likeness (QED) is 0.435. The van der Waals surface area contributed by atoms with Crippen molar-refractivity contribution in [1.29, 1.82) is 0 Å². The molecule has 1 aliphatic carbocycles. The van der Waals surface area contributed by atoms with E-state index in [0.717, 1.165) is 24.2 Å². The molecule has 4 N–H and O–H groups in total. The van der Waals surface area contributed by atoms with Gasteiger partial charge in [-0.3, -0.25) is 10.2 Å². The van der Waals surface area contributed by atoms with Crippen LogP contribution in [0.15, 0.2) is 36.7 Å². The molecule has 0 saturated heterocycles. The van der Waals surface area contributed by atoms with Gasteiger partial charge in [-0.05, 0) is 18.9 Å². The molecule has 1 aliphatic rings. The number of nitrogens with two attached hydrogens (primary N) is 1. The first-order chi connectivity index (χ1) is 10.7. The van der Waals surface area contributed by atoms with Gasteiger partial charge < -0.3 is 10.1 Å². The predicted octanol–water partition coefficient (Wildman–Crippen LogP) is 1.19. The zero-order valence-corrected chi connectivity index (χ0v) is 12.2. The van der Waals surface area contributed by atoms with Gasteiger partial charge >= 0.3 is 0 Å². The number of aromatic nitrogens is 2. The number of carbonyl (C=O) groups is 1. The summed E-state index contributed by atoms with van der Waals surface area (Å²) < 4.78 is 5.43. The molecule has 22 heavy (non-hydrogen) atoms. The Morgan fingerprint density at radius 1 is 1.27 bits per heavy atom. The zero-order chi connectivity index (χ0) is 15.6. The number of ether oxygens (including phenoxy) is 1. The van der Waals surface area contributed by atoms with E-state index in [2.05, 4.69) is 15.3 Å². The second-order valence-electron chi connectivity index (χ2n) is 5.18. The van der Waals surface area contributed by atoms with E-state index in [4.69, 9.17) is 10.6 Å². The molecule has 1 fully saturated rings. The number of nitrogen functional groups attached to an aromatic ring is 1. The molecule has 0 unspecified atom stereocenters. The molecule has 2 aromatic rings. The first kappa shape index (κ1) is 14.3. The number of rotatable bonds is 5. The molecule has 7 heteroatoms. The van der Waals surface area contributed by atoms with E-state index in [1.807, 2.05) is 29.7 Å². The summed E-state index contributed by atoms with van der Waals surface area (Å²) in [7, 11) is 1.66. The summed E-state index contributed by atoms with van der Waals surface area (Å²) in [5.41, 5.74) is 3.25. The van der Waals surface area contributed by atoms with Crippen molar-refractivity contribution in [3.05, 3.63) is 47.8 Å². The third-order valence-corrected chi connectivity index (χ3v) is 3.77. The van der Waals surface area contributed by atoms with Crippen LogP contribution < -0.4 is 21.3 Å². The molecule has 3 rings (SSSR count). The van der Waals surface area contributed by atoms with E-state index < -0.39 is 5.91 Å². The maximum absolute atomic E-state index is 11.4. The lowest BCUT2D eigenvalue weighted by atomic mass is 10.0. The number of hydrogen-bond donors (Lipinski definition) is 3. The average Bonchev–Trinajstić information content (AvgIpc) is 3.35. The van der Waals surface area contributed by atoms with Gasteiger partial charge in [0.2, 0.25) is 5.95 Å². The summed E-state index contributed by atoms with van der Waals surface area (Å²) in [6.45, 7) is 0. The van der Waals surface area contributed by atoms with Gasteiger partial charge in [0.25, 0.3) is 5.91 Å². The zero-order valence-electron chi connectivity index (χ0n) is 12.2. The summed E-state index contributed by atoms with van der Waals surface area (Å²) in [6.07, 6.45) is 4.83. The maximum atomic E-state index is 11.4. The molecule has 0 aliphatic heterocycles. The lowest BCUT2D eigenvalue weighted by Crippen LogP contribution is -2.30. The fourth-order valence-corrected chi connectivity index (χ4v) is 2.43. The molecule has 114 valence electrons. The van der Waals surface area contributed by atoms with Crippen molar-refractivity contribution in [3.8, 4) is 5.75 Å². The van der Waals surface area contributed by atoms with E-state index in [-0.39, 0.29) is 5.54 Å². The maximum Gasteiger partial charge on any atom is 0.268 e. The smallest absolute Gasteiger partial charge is 0.268 e. The summed E-state index contributed by atoms with van der Waals surface area (Å²) in [5, 5.41) is 3.34. The number of anilines is 1. The van der Waals surface area contributed by atoms with Crippen LogP contribution in [-0.4, -0.2) is 23.0 Å². The van der Waals surface area contributed by atoms with Crippen LogP contribution in [0.25, 0.3) is 0 Å². The number of methoxy groups -OCH3 is 1. The van der Waals surface area contributed by atoms with E-state index in [0.29, 0.717) is 11.5 Å². The highest BCUT2D eigenvalue weighted by Crippen LogP contribution is 2.50. The Labute approximate surface area is 127 Å². The molecule has 1 amide bonds. The van der Waals surface area contributed by atoms with Gasteiger partial charge in [0.15, 0.2) is 0 Å². The van der Waals surface area contributed by atoms with Gasteiger partial charge in [0, 0.05) is 18.0 Å². The molecule has 1 aromatic carbocycles. The van der Waals surface area contributed by atoms with E-state index >= 15 is 0 Å². The number of benzene rings is 1. The number of hydrazine groups is 1. The average molecular weight is 299 g/mol. The molecule has 1 saturated carbocycles. The van der Waals surface area contributed by atoms with Crippen LogP contribution in [0.2, 0.25) is 0 Å². The van der Waals surface area contributed by atoms with Crippen molar-refractivity contribution >= 4 is 11.9 Å². The van der Waals surface area contributed by atoms with E-state index in [1.165, 1.54) is 12.4 Å². The first-order valence-corrected chi connectivity index (χ1v) is 6.93. The van der Waals surface area contributed by atoms with Gasteiger partial charge in [-0.1, -0.05) is 18.2 Å². The predicted molar refractivity (Wildman–Crippen MR) is 81.2 cm³/mol. The van der Waals surface area contributed by atoms with Crippen LogP contribution in [0.3, 0.4) is 0 Å². The molecule has 1 aromatic heterocycles. The third kappa shape index (κ3) is 2.58. The Balaban J connectivity index is 1.82. The third-order valence-electron chi connectivity index (χ3n) is 3.77. The number of hydrogen-bond acceptors (Lipinski definition) is 6. The monoisotopic (exact) mass is 299 g/mol. The van der Waals surface area contributed by atoms with Crippen molar-refractivity contribution in [2.75, 3.05) is 12.4 Å². The molecule has 1 heterocycles. The van der Waals surface area contributed by atoms with Gasteiger partial charge in [0.05, 0.1) is 18.2 Å². The van der Waals surface area contributed by atoms with Crippen molar-refractivity contribution in [2.24, 2.45) is 5.84 Å². The molecule has 0 bridgehead atoms. The topological polar surface area (TPSA) is 102 Å². The fraction of sp³-hybridized carbons (Fsp3) is 0.267. The van der Waals surface area contributed by atoms with Crippen molar-refractivity contribution in [2.45, 2.75) is 18.4 Å². The molecular weight excluding hydrogens is 282 g/mol. The number of para-hydroxylation sites is 1. The van der Waals surface area contributed by atoms with Crippen molar-refractivity contribution in [1.82, 2.24) is 15.4 Å². The van der Waals surface area contributed by atoms with Crippen LogP contribution >= 0.6 is 0 Å². The fourth-order valence-electron chi connectivity index (χ4n) is 2.43. The van der Waals surface area contributed by atoms with Gasteiger partial charge in [-0.15, -0.1) is 0 Å². The Bertz CT molecular complexity index is 683. The van der Waals surface area contributed by atoms with Crippen LogP contribution in [0.1, 0.15) is 28.8 Å². The Morgan fingerprint density at radius 3 is 2.55 bits per heavy atom. The number of nitrogens with zero attached hydrogens (tertiary/aromatic N) is 2. The summed E-state index contributed by atoms with van der Waals surface area (Å²) in [6, 6.07) is 7.89. The van der Waals surface area contributed by atoms with E-state index in [1.54, 1.807) is 7.11 Å². The molecule has 0 radical (unpaired) electrons. The molecule has 7 nitrogen and oxygen atoms in total. The lowest BCUT2D eigenvalue weighted by molar-refractivity contribution is 0.0953. The minimum absolute atomic E-state index is 0.204.